The molecule has 1 N–H and O–H groups in total. The van der Waals surface area contributed by atoms with E-state index in [1.807, 2.05) is 42.5 Å². The maximum Gasteiger partial charge on any atom is 0.280 e. The van der Waals surface area contributed by atoms with E-state index in [-0.39, 0.29) is 6.04 Å². The second-order valence-electron chi connectivity index (χ2n) is 5.02. The third kappa shape index (κ3) is 3.91. The zero-order chi connectivity index (χ0) is 14.4. The minimum absolute atomic E-state index is 0.00298. The van der Waals surface area contributed by atoms with Crippen LogP contribution in [0.5, 0.6) is 0 Å². The fraction of sp³-hybridized carbons (Fsp3) is 0.467. The quantitative estimate of drug-likeness (QED) is 0.785. The lowest BCUT2D eigenvalue weighted by Crippen LogP contribution is -2.43. The second-order valence-corrected chi connectivity index (χ2v) is 6.73. The molecule has 0 spiro atoms. The molecule has 1 aliphatic heterocycles. The van der Waals surface area contributed by atoms with Crippen LogP contribution in [0.2, 0.25) is 0 Å². The average Bonchev–Trinajstić information content (AvgIpc) is 2.93. The smallest absolute Gasteiger partial charge is 0.198 e. The molecular formula is C15H22N2O2S. The first-order valence-electron chi connectivity index (χ1n) is 7.10. The lowest BCUT2D eigenvalue weighted by atomic mass is 10.1. The molecule has 0 bridgehead atoms. The summed E-state index contributed by atoms with van der Waals surface area (Å²) < 4.78 is 28.9. The number of rotatable bonds is 7. The van der Waals surface area contributed by atoms with Gasteiger partial charge in [-0.2, -0.15) is 17.4 Å². The standard InChI is InChI=1S/C15H22N2O2S/c1-2-3-10-15-11-7-12-17(15)20(18,19)16-13-14-8-5-4-6-9-14/h4-9,11,15-16H,2-3,10,12-13H2,1H3/t15-/m0/s1. The summed E-state index contributed by atoms with van der Waals surface area (Å²) >= 11 is 0. The largest absolute Gasteiger partial charge is 0.280 e. The van der Waals surface area contributed by atoms with Crippen LogP contribution in [0.1, 0.15) is 31.7 Å². The van der Waals surface area contributed by atoms with E-state index in [0.29, 0.717) is 13.1 Å². The summed E-state index contributed by atoms with van der Waals surface area (Å²) in [5, 5.41) is 0. The van der Waals surface area contributed by atoms with Crippen LogP contribution in [0.25, 0.3) is 0 Å². The highest BCUT2D eigenvalue weighted by Gasteiger charge is 2.29. The minimum atomic E-state index is -3.42. The summed E-state index contributed by atoms with van der Waals surface area (Å²) in [6, 6.07) is 9.57. The van der Waals surface area contributed by atoms with Crippen LogP contribution in [0.15, 0.2) is 42.5 Å². The van der Waals surface area contributed by atoms with Crippen molar-refractivity contribution >= 4 is 10.2 Å². The van der Waals surface area contributed by atoms with Crippen LogP contribution in [0.3, 0.4) is 0 Å². The predicted octanol–water partition coefficient (Wildman–Crippen LogP) is 2.45. The van der Waals surface area contributed by atoms with Gasteiger partial charge in [-0.3, -0.25) is 0 Å². The van der Waals surface area contributed by atoms with E-state index in [4.69, 9.17) is 0 Å². The SMILES string of the molecule is CCCC[C@H]1C=CCN1S(=O)(=O)NCc1ccccc1. The molecule has 0 saturated carbocycles. The van der Waals surface area contributed by atoms with Gasteiger partial charge in [0, 0.05) is 19.1 Å². The molecule has 0 fully saturated rings. The molecule has 1 atom stereocenters. The summed E-state index contributed by atoms with van der Waals surface area (Å²) in [6.07, 6.45) is 6.94. The summed E-state index contributed by atoms with van der Waals surface area (Å²) in [5.74, 6) is 0. The van der Waals surface area contributed by atoms with Gasteiger partial charge in [0.15, 0.2) is 0 Å². The Balaban J connectivity index is 1.96. The molecule has 0 unspecified atom stereocenters. The molecule has 4 nitrogen and oxygen atoms in total. The Labute approximate surface area is 121 Å². The van der Waals surface area contributed by atoms with E-state index in [0.717, 1.165) is 24.8 Å². The molecule has 20 heavy (non-hydrogen) atoms. The van der Waals surface area contributed by atoms with Gasteiger partial charge in [0.2, 0.25) is 0 Å². The van der Waals surface area contributed by atoms with Crippen molar-refractivity contribution in [1.82, 2.24) is 9.03 Å². The van der Waals surface area contributed by atoms with E-state index in [9.17, 15) is 8.42 Å². The highest BCUT2D eigenvalue weighted by molar-refractivity contribution is 7.87. The molecule has 0 saturated heterocycles. The first kappa shape index (κ1) is 15.2. The number of hydrogen-bond acceptors (Lipinski definition) is 2. The van der Waals surface area contributed by atoms with Crippen LogP contribution in [0, 0.1) is 0 Å². The van der Waals surface area contributed by atoms with Crippen LogP contribution in [-0.4, -0.2) is 25.3 Å². The van der Waals surface area contributed by atoms with Gasteiger partial charge in [-0.25, -0.2) is 0 Å². The highest BCUT2D eigenvalue weighted by Crippen LogP contribution is 2.19. The van der Waals surface area contributed by atoms with Crippen LogP contribution >= 0.6 is 0 Å². The second kappa shape index (κ2) is 7.02. The Bertz CT molecular complexity index is 540. The molecule has 1 aromatic carbocycles. The van der Waals surface area contributed by atoms with Crippen molar-refractivity contribution in [3.05, 3.63) is 48.0 Å². The summed E-state index contributed by atoms with van der Waals surface area (Å²) in [4.78, 5) is 0. The molecule has 1 aromatic rings. The third-order valence-corrected chi connectivity index (χ3v) is 5.02. The monoisotopic (exact) mass is 294 g/mol. The van der Waals surface area contributed by atoms with E-state index >= 15 is 0 Å². The third-order valence-electron chi connectivity index (χ3n) is 3.48. The van der Waals surface area contributed by atoms with Crippen molar-refractivity contribution in [1.29, 1.82) is 0 Å². The van der Waals surface area contributed by atoms with Gasteiger partial charge in [0.05, 0.1) is 0 Å². The van der Waals surface area contributed by atoms with Gasteiger partial charge in [-0.15, -0.1) is 0 Å². The summed E-state index contributed by atoms with van der Waals surface area (Å²) in [7, 11) is -3.42. The van der Waals surface area contributed by atoms with Crippen molar-refractivity contribution in [3.8, 4) is 0 Å². The lowest BCUT2D eigenvalue weighted by Gasteiger charge is -2.24. The Morgan fingerprint density at radius 1 is 1.30 bits per heavy atom. The van der Waals surface area contributed by atoms with Crippen LogP contribution < -0.4 is 4.72 Å². The van der Waals surface area contributed by atoms with E-state index in [1.54, 1.807) is 4.31 Å². The maximum atomic E-state index is 12.4. The van der Waals surface area contributed by atoms with Crippen LogP contribution in [0.4, 0.5) is 0 Å². The Morgan fingerprint density at radius 3 is 2.75 bits per heavy atom. The number of nitrogens with one attached hydrogen (secondary N) is 1. The highest BCUT2D eigenvalue weighted by atomic mass is 32.2. The Kier molecular flexibility index (Phi) is 5.34. The molecular weight excluding hydrogens is 272 g/mol. The molecule has 0 amide bonds. The maximum absolute atomic E-state index is 12.4. The number of benzene rings is 1. The normalized spacial score (nSPS) is 19.6. The van der Waals surface area contributed by atoms with Gasteiger partial charge in [-0.1, -0.05) is 62.2 Å². The van der Waals surface area contributed by atoms with Crippen molar-refractivity contribution in [2.45, 2.75) is 38.8 Å². The molecule has 1 heterocycles. The van der Waals surface area contributed by atoms with Gasteiger partial charge in [-0.05, 0) is 12.0 Å². The average molecular weight is 294 g/mol. The Morgan fingerprint density at radius 2 is 2.05 bits per heavy atom. The van der Waals surface area contributed by atoms with E-state index in [2.05, 4.69) is 11.6 Å². The van der Waals surface area contributed by atoms with Gasteiger partial charge in [0.25, 0.3) is 10.2 Å². The number of hydrogen-bond donors (Lipinski definition) is 1. The molecule has 110 valence electrons. The Hall–Kier alpha value is -1.17. The first-order valence-corrected chi connectivity index (χ1v) is 8.54. The lowest BCUT2D eigenvalue weighted by molar-refractivity contribution is 0.380. The topological polar surface area (TPSA) is 49.4 Å². The molecule has 0 aromatic heterocycles. The van der Waals surface area contributed by atoms with Crippen molar-refractivity contribution < 1.29 is 8.42 Å². The minimum Gasteiger partial charge on any atom is -0.198 e. The fourth-order valence-corrected chi connectivity index (χ4v) is 3.67. The molecule has 0 aliphatic carbocycles. The fourth-order valence-electron chi connectivity index (χ4n) is 2.34. The van der Waals surface area contributed by atoms with E-state index < -0.39 is 10.2 Å². The zero-order valence-corrected chi connectivity index (χ0v) is 12.6. The van der Waals surface area contributed by atoms with E-state index in [1.165, 1.54) is 0 Å². The number of nitrogens with zero attached hydrogens (tertiary/aromatic N) is 1. The van der Waals surface area contributed by atoms with Gasteiger partial charge < -0.3 is 0 Å². The zero-order valence-electron chi connectivity index (χ0n) is 11.8. The summed E-state index contributed by atoms with van der Waals surface area (Å²) in [5.41, 5.74) is 0.966. The first-order chi connectivity index (χ1) is 9.63. The molecule has 2 rings (SSSR count). The van der Waals surface area contributed by atoms with Crippen molar-refractivity contribution in [3.63, 3.8) is 0 Å². The molecule has 0 radical (unpaired) electrons. The molecule has 5 heteroatoms. The predicted molar refractivity (Wildman–Crippen MR) is 81.4 cm³/mol. The van der Waals surface area contributed by atoms with Crippen molar-refractivity contribution in [2.24, 2.45) is 0 Å². The molecule has 1 aliphatic rings. The summed E-state index contributed by atoms with van der Waals surface area (Å²) in [6.45, 7) is 2.92. The van der Waals surface area contributed by atoms with Gasteiger partial charge >= 0.3 is 0 Å². The van der Waals surface area contributed by atoms with Crippen molar-refractivity contribution in [2.75, 3.05) is 6.54 Å². The van der Waals surface area contributed by atoms with Gasteiger partial charge in [0.1, 0.15) is 0 Å². The van der Waals surface area contributed by atoms with Crippen LogP contribution in [-0.2, 0) is 16.8 Å². The number of unbranched alkanes of at least 4 members (excludes halogenated alkanes) is 1.